The zero-order valence-electron chi connectivity index (χ0n) is 12.0. The van der Waals surface area contributed by atoms with E-state index in [0.29, 0.717) is 17.6 Å². The zero-order valence-corrected chi connectivity index (χ0v) is 12.0. The minimum absolute atomic E-state index is 0.0574. The molecule has 1 unspecified atom stereocenters. The van der Waals surface area contributed by atoms with E-state index in [0.717, 1.165) is 31.2 Å². The minimum Gasteiger partial charge on any atom is -0.294 e. The van der Waals surface area contributed by atoms with E-state index >= 15 is 0 Å². The highest BCUT2D eigenvalue weighted by Gasteiger charge is 2.32. The van der Waals surface area contributed by atoms with Crippen LogP contribution in [0.25, 0.3) is 5.83 Å². The van der Waals surface area contributed by atoms with Gasteiger partial charge in [0.15, 0.2) is 5.78 Å². The van der Waals surface area contributed by atoms with Gasteiger partial charge in [-0.3, -0.25) is 4.79 Å². The summed E-state index contributed by atoms with van der Waals surface area (Å²) in [4.78, 5) is 12.6. The molecule has 1 aromatic carbocycles. The van der Waals surface area contributed by atoms with Crippen molar-refractivity contribution in [2.75, 3.05) is 0 Å². The molecule has 1 nitrogen and oxygen atoms in total. The molecule has 0 amide bonds. The summed E-state index contributed by atoms with van der Waals surface area (Å²) in [5.74, 6) is 0.0908. The fourth-order valence-electron chi connectivity index (χ4n) is 3.61. The summed E-state index contributed by atoms with van der Waals surface area (Å²) >= 11 is 0. The number of Topliss-reactive ketones (excluding diaryl/α,β-unsaturated/α-hetero) is 1. The Hall–Kier alpha value is -1.44. The van der Waals surface area contributed by atoms with Gasteiger partial charge < -0.3 is 0 Å². The third-order valence-corrected chi connectivity index (χ3v) is 4.78. The number of halogens is 1. The Balaban J connectivity index is 1.95. The molecule has 1 atom stereocenters. The molecule has 0 aromatic heterocycles. The summed E-state index contributed by atoms with van der Waals surface area (Å²) in [7, 11) is 0. The second-order valence-electron chi connectivity index (χ2n) is 6.18. The van der Waals surface area contributed by atoms with Gasteiger partial charge in [-0.25, -0.2) is 4.39 Å². The molecular formula is C18H21FO. The van der Waals surface area contributed by atoms with Gasteiger partial charge in [0.25, 0.3) is 0 Å². The van der Waals surface area contributed by atoms with Crippen LogP contribution in [0, 0.1) is 5.92 Å². The summed E-state index contributed by atoms with van der Waals surface area (Å²) in [5.41, 5.74) is 2.11. The monoisotopic (exact) mass is 272 g/mol. The van der Waals surface area contributed by atoms with Crippen LogP contribution in [0.3, 0.4) is 0 Å². The lowest BCUT2D eigenvalue weighted by molar-refractivity contribution is -0.120. The second kappa shape index (κ2) is 5.51. The van der Waals surface area contributed by atoms with E-state index in [1.54, 1.807) is 6.07 Å². The summed E-state index contributed by atoms with van der Waals surface area (Å²) < 4.78 is 14.7. The first-order chi connectivity index (χ1) is 9.68. The number of rotatable bonds is 2. The first-order valence-electron chi connectivity index (χ1n) is 7.70. The maximum absolute atomic E-state index is 14.7. The number of hydrogen-bond acceptors (Lipinski definition) is 1. The van der Waals surface area contributed by atoms with Crippen molar-refractivity contribution >= 4 is 11.6 Å². The molecule has 106 valence electrons. The van der Waals surface area contributed by atoms with Gasteiger partial charge in [-0.1, -0.05) is 50.5 Å². The van der Waals surface area contributed by atoms with Crippen molar-refractivity contribution in [2.45, 2.75) is 51.4 Å². The van der Waals surface area contributed by atoms with Gasteiger partial charge in [0.2, 0.25) is 0 Å². The van der Waals surface area contributed by atoms with E-state index in [4.69, 9.17) is 0 Å². The number of carbonyl (C=O) groups excluding carboxylic acids is 1. The number of benzene rings is 1. The molecule has 0 radical (unpaired) electrons. The van der Waals surface area contributed by atoms with Crippen molar-refractivity contribution in [1.29, 1.82) is 0 Å². The van der Waals surface area contributed by atoms with E-state index in [1.165, 1.54) is 6.42 Å². The van der Waals surface area contributed by atoms with Gasteiger partial charge in [0.05, 0.1) is 0 Å². The predicted octanol–water partition coefficient (Wildman–Crippen LogP) is 5.02. The maximum Gasteiger partial charge on any atom is 0.164 e. The van der Waals surface area contributed by atoms with Crippen molar-refractivity contribution in [3.05, 3.63) is 41.0 Å². The van der Waals surface area contributed by atoms with Crippen LogP contribution in [0.15, 0.2) is 29.8 Å². The van der Waals surface area contributed by atoms with Crippen molar-refractivity contribution < 1.29 is 9.18 Å². The molecular weight excluding hydrogens is 251 g/mol. The summed E-state index contributed by atoms with van der Waals surface area (Å²) in [6.07, 6.45) is 5.86. The van der Waals surface area contributed by atoms with Gasteiger partial charge in [0.1, 0.15) is 5.83 Å². The Bertz CT molecular complexity index is 552. The van der Waals surface area contributed by atoms with Crippen molar-refractivity contribution in [1.82, 2.24) is 0 Å². The SMILES string of the molecule is CC1CC(C(=O)C2CCCCC2)=C(F)c2ccccc21. The molecule has 2 aliphatic rings. The molecule has 1 fully saturated rings. The largest absolute Gasteiger partial charge is 0.294 e. The first-order valence-corrected chi connectivity index (χ1v) is 7.70. The Labute approximate surface area is 119 Å². The van der Waals surface area contributed by atoms with Crippen molar-refractivity contribution in [3.63, 3.8) is 0 Å². The standard InChI is InChI=1S/C18H21FO/c1-12-11-16(18(20)13-7-3-2-4-8-13)17(19)15-10-6-5-9-14(12)15/h5-6,9-10,12-13H,2-4,7-8,11H2,1H3. The highest BCUT2D eigenvalue weighted by molar-refractivity contribution is 6.03. The normalized spacial score (nSPS) is 23.6. The van der Waals surface area contributed by atoms with E-state index < -0.39 is 0 Å². The van der Waals surface area contributed by atoms with Crippen LogP contribution in [0.1, 0.15) is 62.5 Å². The lowest BCUT2D eigenvalue weighted by Gasteiger charge is -2.27. The van der Waals surface area contributed by atoms with E-state index in [9.17, 15) is 9.18 Å². The molecule has 0 saturated heterocycles. The minimum atomic E-state index is -0.269. The van der Waals surface area contributed by atoms with Gasteiger partial charge in [-0.15, -0.1) is 0 Å². The average Bonchev–Trinajstić information content (AvgIpc) is 2.51. The van der Waals surface area contributed by atoms with Crippen LogP contribution in [-0.2, 0) is 4.79 Å². The third kappa shape index (κ3) is 2.32. The molecule has 0 aliphatic heterocycles. The number of carbonyl (C=O) groups is 1. The number of ketones is 1. The lowest BCUT2D eigenvalue weighted by atomic mass is 9.77. The van der Waals surface area contributed by atoms with E-state index in [2.05, 4.69) is 6.92 Å². The molecule has 1 saturated carbocycles. The van der Waals surface area contributed by atoms with Gasteiger partial charge in [-0.05, 0) is 30.7 Å². The second-order valence-corrected chi connectivity index (χ2v) is 6.18. The number of hydrogen-bond donors (Lipinski definition) is 0. The average molecular weight is 272 g/mol. The Morgan fingerprint density at radius 3 is 2.60 bits per heavy atom. The molecule has 20 heavy (non-hydrogen) atoms. The molecule has 1 aromatic rings. The number of allylic oxidation sites excluding steroid dienone is 1. The highest BCUT2D eigenvalue weighted by Crippen LogP contribution is 2.41. The molecule has 0 bridgehead atoms. The van der Waals surface area contributed by atoms with Crippen LogP contribution in [0.5, 0.6) is 0 Å². The predicted molar refractivity (Wildman–Crippen MR) is 79.1 cm³/mol. The maximum atomic E-state index is 14.7. The summed E-state index contributed by atoms with van der Waals surface area (Å²) in [5, 5.41) is 0. The molecule has 3 rings (SSSR count). The van der Waals surface area contributed by atoms with Crippen LogP contribution < -0.4 is 0 Å². The van der Waals surface area contributed by atoms with Crippen molar-refractivity contribution in [2.24, 2.45) is 5.92 Å². The van der Waals surface area contributed by atoms with Crippen LogP contribution in [0.2, 0.25) is 0 Å². The number of fused-ring (bicyclic) bond motifs is 1. The smallest absolute Gasteiger partial charge is 0.164 e. The van der Waals surface area contributed by atoms with E-state index in [1.807, 2.05) is 18.2 Å². The van der Waals surface area contributed by atoms with Crippen LogP contribution >= 0.6 is 0 Å². The molecule has 2 aliphatic carbocycles. The van der Waals surface area contributed by atoms with Crippen molar-refractivity contribution in [3.8, 4) is 0 Å². The highest BCUT2D eigenvalue weighted by atomic mass is 19.1. The fourth-order valence-corrected chi connectivity index (χ4v) is 3.61. The molecule has 2 heteroatoms. The van der Waals surface area contributed by atoms with Gasteiger partial charge in [0, 0.05) is 17.1 Å². The van der Waals surface area contributed by atoms with Crippen LogP contribution in [0.4, 0.5) is 4.39 Å². The summed E-state index contributed by atoms with van der Waals surface area (Å²) in [6, 6.07) is 7.56. The van der Waals surface area contributed by atoms with Gasteiger partial charge in [-0.2, -0.15) is 0 Å². The lowest BCUT2D eigenvalue weighted by Crippen LogP contribution is -2.23. The first kappa shape index (κ1) is 13.5. The summed E-state index contributed by atoms with van der Waals surface area (Å²) in [6.45, 7) is 2.08. The fraction of sp³-hybridized carbons (Fsp3) is 0.500. The van der Waals surface area contributed by atoms with Gasteiger partial charge >= 0.3 is 0 Å². The Morgan fingerprint density at radius 2 is 1.85 bits per heavy atom. The Morgan fingerprint density at radius 1 is 1.15 bits per heavy atom. The third-order valence-electron chi connectivity index (χ3n) is 4.78. The topological polar surface area (TPSA) is 17.1 Å². The molecule has 0 N–H and O–H groups in total. The quantitative estimate of drug-likeness (QED) is 0.738. The zero-order chi connectivity index (χ0) is 14.1. The van der Waals surface area contributed by atoms with Crippen LogP contribution in [-0.4, -0.2) is 5.78 Å². The molecule has 0 spiro atoms. The van der Waals surface area contributed by atoms with E-state index in [-0.39, 0.29) is 23.4 Å². The molecule has 0 heterocycles. The Kier molecular flexibility index (Phi) is 3.73.